The minimum atomic E-state index is -0.443. The number of thioether (sulfide) groups is 1. The molecular formula is C37H34ClNO4S2. The van der Waals surface area contributed by atoms with Crippen LogP contribution in [0, 0.1) is 12.8 Å². The van der Waals surface area contributed by atoms with Crippen LogP contribution in [0.1, 0.15) is 75.8 Å². The maximum atomic E-state index is 13.6. The molecule has 2 unspecified atom stereocenters. The Morgan fingerprint density at radius 1 is 0.889 bits per heavy atom. The molecule has 0 amide bonds. The lowest BCUT2D eigenvalue weighted by molar-refractivity contribution is -0.148. The Balaban J connectivity index is 1.24. The fourth-order valence-electron chi connectivity index (χ4n) is 4.84. The van der Waals surface area contributed by atoms with Gasteiger partial charge in [-0.25, -0.2) is 4.79 Å². The second-order valence-electron chi connectivity index (χ2n) is 11.1. The highest BCUT2D eigenvalue weighted by atomic mass is 35.5. The SMILES string of the molecule is CCC(C)C(=O)O/N=C(\CC[C@@H]1SC1c1ccc(Cl)cc1C)C(=O)c1ccc(Sc2ccc(C(=O)c3ccccc3)cc2)cc1. The average Bonchev–Trinajstić information content (AvgIpc) is 3.84. The predicted octanol–water partition coefficient (Wildman–Crippen LogP) is 9.80. The van der Waals surface area contributed by atoms with E-state index >= 15 is 0 Å². The van der Waals surface area contributed by atoms with E-state index in [1.54, 1.807) is 30.8 Å². The summed E-state index contributed by atoms with van der Waals surface area (Å²) in [5.74, 6) is -1.01. The van der Waals surface area contributed by atoms with Gasteiger partial charge in [0.25, 0.3) is 0 Å². The van der Waals surface area contributed by atoms with Crippen LogP contribution in [0.3, 0.4) is 0 Å². The highest BCUT2D eigenvalue weighted by molar-refractivity contribution is 8.07. The highest BCUT2D eigenvalue weighted by Crippen LogP contribution is 2.57. The Morgan fingerprint density at radius 3 is 2.13 bits per heavy atom. The second-order valence-corrected chi connectivity index (χ2v) is 14.0. The first-order chi connectivity index (χ1) is 21.7. The predicted molar refractivity (Wildman–Crippen MR) is 184 cm³/mol. The topological polar surface area (TPSA) is 72.8 Å². The van der Waals surface area contributed by atoms with Crippen molar-refractivity contribution >= 4 is 58.4 Å². The molecule has 1 heterocycles. The number of rotatable bonds is 13. The standard InChI is InChI=1S/C37H34ClNO4S2/c1-4-23(2)37(42)43-39-32(20-21-33-36(45-33)31-19-14-28(38)22-24(31)3)35(41)27-12-17-30(18-13-27)44-29-15-10-26(11-16-29)34(40)25-8-6-5-7-9-25/h5-19,22-23,33,36H,4,20-21H2,1-3H3/b39-32+/t23?,33-,36?/m0/s1. The number of ketones is 2. The maximum Gasteiger partial charge on any atom is 0.337 e. The second kappa shape index (κ2) is 15.1. The fraction of sp³-hybridized carbons (Fsp3) is 0.243. The number of aryl methyl sites for hydroxylation is 1. The summed E-state index contributed by atoms with van der Waals surface area (Å²) < 4.78 is 0. The summed E-state index contributed by atoms with van der Waals surface area (Å²) in [5, 5.41) is 5.51. The zero-order chi connectivity index (χ0) is 31.9. The molecule has 5 rings (SSSR count). The first-order valence-electron chi connectivity index (χ1n) is 14.9. The largest absolute Gasteiger partial charge is 0.337 e. The van der Waals surface area contributed by atoms with E-state index in [0.717, 1.165) is 26.8 Å². The van der Waals surface area contributed by atoms with Crippen LogP contribution >= 0.6 is 35.1 Å². The van der Waals surface area contributed by atoms with Crippen molar-refractivity contribution in [3.05, 3.63) is 130 Å². The quantitative estimate of drug-likeness (QED) is 0.0469. The highest BCUT2D eigenvalue weighted by Gasteiger charge is 2.40. The van der Waals surface area contributed by atoms with Gasteiger partial charge >= 0.3 is 5.97 Å². The van der Waals surface area contributed by atoms with E-state index in [-0.39, 0.29) is 23.2 Å². The number of benzene rings is 4. The monoisotopic (exact) mass is 655 g/mol. The molecule has 0 spiro atoms. The number of carbonyl (C=O) groups excluding carboxylic acids is 3. The van der Waals surface area contributed by atoms with E-state index in [9.17, 15) is 14.4 Å². The minimum absolute atomic E-state index is 0.0155. The van der Waals surface area contributed by atoms with Gasteiger partial charge in [-0.2, -0.15) is 0 Å². The molecule has 1 aliphatic heterocycles. The van der Waals surface area contributed by atoms with Gasteiger partial charge < -0.3 is 4.84 Å². The molecule has 0 saturated carbocycles. The van der Waals surface area contributed by atoms with Crippen LogP contribution in [0.5, 0.6) is 0 Å². The molecule has 0 bridgehead atoms. The van der Waals surface area contributed by atoms with Crippen LogP contribution in [0.2, 0.25) is 5.02 Å². The number of halogens is 1. The number of hydrogen-bond donors (Lipinski definition) is 0. The smallest absolute Gasteiger partial charge is 0.318 e. The summed E-state index contributed by atoms with van der Waals surface area (Å²) >= 11 is 9.54. The molecule has 45 heavy (non-hydrogen) atoms. The van der Waals surface area contributed by atoms with Gasteiger partial charge in [0.1, 0.15) is 5.71 Å². The van der Waals surface area contributed by atoms with Gasteiger partial charge in [0.2, 0.25) is 5.78 Å². The molecule has 0 N–H and O–H groups in total. The first-order valence-corrected chi connectivity index (χ1v) is 17.1. The molecule has 0 radical (unpaired) electrons. The molecule has 8 heteroatoms. The third kappa shape index (κ3) is 8.54. The van der Waals surface area contributed by atoms with Gasteiger partial charge in [-0.1, -0.05) is 78.8 Å². The van der Waals surface area contributed by atoms with Crippen LogP contribution in [0.25, 0.3) is 0 Å². The lowest BCUT2D eigenvalue weighted by Gasteiger charge is -2.09. The molecule has 0 aromatic heterocycles. The van der Waals surface area contributed by atoms with Gasteiger partial charge in [-0.05, 0) is 98.0 Å². The van der Waals surface area contributed by atoms with Crippen molar-refractivity contribution < 1.29 is 19.2 Å². The minimum Gasteiger partial charge on any atom is -0.318 e. The Labute approximate surface area is 277 Å². The van der Waals surface area contributed by atoms with Crippen molar-refractivity contribution in [3.8, 4) is 0 Å². The third-order valence-corrected chi connectivity index (χ3v) is 10.5. The van der Waals surface area contributed by atoms with E-state index in [1.165, 1.54) is 5.56 Å². The van der Waals surface area contributed by atoms with E-state index in [4.69, 9.17) is 16.4 Å². The molecule has 1 saturated heterocycles. The van der Waals surface area contributed by atoms with Crippen molar-refractivity contribution in [3.63, 3.8) is 0 Å². The molecule has 230 valence electrons. The summed E-state index contributed by atoms with van der Waals surface area (Å²) in [4.78, 5) is 45.8. The molecule has 1 aliphatic rings. The van der Waals surface area contributed by atoms with E-state index in [2.05, 4.69) is 18.1 Å². The number of nitrogens with zero attached hydrogens (tertiary/aromatic N) is 1. The zero-order valence-corrected chi connectivity index (χ0v) is 27.8. The van der Waals surface area contributed by atoms with E-state index < -0.39 is 5.97 Å². The van der Waals surface area contributed by atoms with Gasteiger partial charge in [-0.15, -0.1) is 11.8 Å². The van der Waals surface area contributed by atoms with Gasteiger partial charge in [0.15, 0.2) is 5.78 Å². The van der Waals surface area contributed by atoms with Crippen LogP contribution in [-0.2, 0) is 9.63 Å². The molecule has 0 aliphatic carbocycles. The van der Waals surface area contributed by atoms with Crippen LogP contribution < -0.4 is 0 Å². The van der Waals surface area contributed by atoms with Crippen molar-refractivity contribution in [1.29, 1.82) is 0 Å². The van der Waals surface area contributed by atoms with Crippen LogP contribution in [0.15, 0.2) is 112 Å². The van der Waals surface area contributed by atoms with Crippen LogP contribution in [-0.4, -0.2) is 28.5 Å². The lowest BCUT2D eigenvalue weighted by atomic mass is 9.99. The molecular weight excluding hydrogens is 622 g/mol. The molecule has 4 aromatic rings. The molecule has 1 fully saturated rings. The maximum absolute atomic E-state index is 13.6. The average molecular weight is 656 g/mol. The van der Waals surface area contributed by atoms with Gasteiger partial charge in [-0.3, -0.25) is 9.59 Å². The Morgan fingerprint density at radius 2 is 1.51 bits per heavy atom. The first kappa shape index (κ1) is 32.7. The number of Topliss-reactive ketones (excluding diaryl/α,β-unsaturated/α-hetero) is 1. The normalized spacial score (nSPS) is 16.6. The Kier molecular flexibility index (Phi) is 11.0. The summed E-state index contributed by atoms with van der Waals surface area (Å²) in [6.45, 7) is 5.75. The van der Waals surface area contributed by atoms with Crippen molar-refractivity contribution in [2.45, 2.75) is 60.3 Å². The summed E-state index contributed by atoms with van der Waals surface area (Å²) in [5.41, 5.74) is 4.42. The van der Waals surface area contributed by atoms with Gasteiger partial charge in [0, 0.05) is 42.0 Å². The summed E-state index contributed by atoms with van der Waals surface area (Å²) in [6.07, 6.45) is 1.77. The Bertz CT molecular complexity index is 1710. The number of hydrogen-bond acceptors (Lipinski definition) is 7. The van der Waals surface area contributed by atoms with Crippen molar-refractivity contribution in [2.24, 2.45) is 11.1 Å². The Hall–Kier alpha value is -3.65. The molecule has 3 atom stereocenters. The van der Waals surface area contributed by atoms with E-state index in [1.807, 2.05) is 97.5 Å². The van der Waals surface area contributed by atoms with E-state index in [0.29, 0.717) is 40.0 Å². The summed E-state index contributed by atoms with van der Waals surface area (Å²) in [7, 11) is 0. The summed E-state index contributed by atoms with van der Waals surface area (Å²) in [6, 6.07) is 30.0. The van der Waals surface area contributed by atoms with Crippen molar-refractivity contribution in [2.75, 3.05) is 0 Å². The number of carbonyl (C=O) groups is 3. The third-order valence-electron chi connectivity index (χ3n) is 7.81. The van der Waals surface area contributed by atoms with Crippen LogP contribution in [0.4, 0.5) is 0 Å². The fourth-order valence-corrected chi connectivity index (χ4v) is 7.11. The molecule has 4 aromatic carbocycles. The molecule has 5 nitrogen and oxygen atoms in total. The number of oxime groups is 1. The lowest BCUT2D eigenvalue weighted by Crippen LogP contribution is -2.18. The van der Waals surface area contributed by atoms with Gasteiger partial charge in [0.05, 0.1) is 5.92 Å². The zero-order valence-electron chi connectivity index (χ0n) is 25.4. The van der Waals surface area contributed by atoms with Crippen molar-refractivity contribution in [1.82, 2.24) is 0 Å².